The van der Waals surface area contributed by atoms with Gasteiger partial charge in [0.05, 0.1) is 22.7 Å². The SMILES string of the molecule is CN(C)CCc1cccc2c1cc(-c1ccccc1CO)n2S(=O)(=O)c1ccccc1. The van der Waals surface area contributed by atoms with E-state index in [0.717, 1.165) is 23.9 Å². The van der Waals surface area contributed by atoms with E-state index in [-0.39, 0.29) is 11.5 Å². The molecule has 0 spiro atoms. The van der Waals surface area contributed by atoms with Gasteiger partial charge in [0.2, 0.25) is 0 Å². The van der Waals surface area contributed by atoms with E-state index in [9.17, 15) is 13.5 Å². The van der Waals surface area contributed by atoms with E-state index < -0.39 is 10.0 Å². The standard InChI is InChI=1S/C25H26N2O3S/c1-26(2)16-15-19-10-8-14-24-23(19)17-25(22-13-7-6-9-20(22)18-28)27(24)31(29,30)21-11-4-3-5-12-21/h3-14,17,28H,15-16,18H2,1-2H3. The third-order valence-electron chi connectivity index (χ3n) is 5.47. The van der Waals surface area contributed by atoms with Crippen LogP contribution in [-0.4, -0.2) is 43.0 Å². The van der Waals surface area contributed by atoms with Gasteiger partial charge < -0.3 is 10.0 Å². The number of aliphatic hydroxyl groups excluding tert-OH is 1. The molecule has 0 amide bonds. The third kappa shape index (κ3) is 4.02. The summed E-state index contributed by atoms with van der Waals surface area (Å²) in [7, 11) is 0.194. The van der Waals surface area contributed by atoms with Crippen LogP contribution < -0.4 is 0 Å². The van der Waals surface area contributed by atoms with Crippen molar-refractivity contribution in [2.24, 2.45) is 0 Å². The Kier molecular flexibility index (Phi) is 5.96. The fourth-order valence-corrected chi connectivity index (χ4v) is 5.42. The summed E-state index contributed by atoms with van der Waals surface area (Å²) in [6, 6.07) is 23.6. The first-order valence-electron chi connectivity index (χ1n) is 10.2. The number of fused-ring (bicyclic) bond motifs is 1. The van der Waals surface area contributed by atoms with Gasteiger partial charge in [0.15, 0.2) is 0 Å². The van der Waals surface area contributed by atoms with E-state index in [4.69, 9.17) is 0 Å². The minimum Gasteiger partial charge on any atom is -0.392 e. The lowest BCUT2D eigenvalue weighted by Crippen LogP contribution is -2.15. The van der Waals surface area contributed by atoms with Gasteiger partial charge in [0.1, 0.15) is 0 Å². The van der Waals surface area contributed by atoms with Crippen LogP contribution in [-0.2, 0) is 23.1 Å². The maximum absolute atomic E-state index is 13.8. The fraction of sp³-hybridized carbons (Fsp3) is 0.200. The molecule has 3 aromatic carbocycles. The fourth-order valence-electron chi connectivity index (χ4n) is 3.88. The van der Waals surface area contributed by atoms with Gasteiger partial charge in [-0.05, 0) is 55.9 Å². The van der Waals surface area contributed by atoms with Crippen molar-refractivity contribution in [1.29, 1.82) is 0 Å². The minimum absolute atomic E-state index is 0.170. The predicted molar refractivity (Wildman–Crippen MR) is 125 cm³/mol. The molecule has 5 nitrogen and oxygen atoms in total. The monoisotopic (exact) mass is 434 g/mol. The Morgan fingerprint density at radius 2 is 1.55 bits per heavy atom. The van der Waals surface area contributed by atoms with Gasteiger partial charge in [-0.25, -0.2) is 12.4 Å². The van der Waals surface area contributed by atoms with Crippen molar-refractivity contribution in [2.75, 3.05) is 20.6 Å². The smallest absolute Gasteiger partial charge is 0.268 e. The predicted octanol–water partition coefficient (Wildman–Crippen LogP) is 4.14. The van der Waals surface area contributed by atoms with Gasteiger partial charge >= 0.3 is 0 Å². The Balaban J connectivity index is 2.04. The molecule has 1 heterocycles. The quantitative estimate of drug-likeness (QED) is 0.475. The molecule has 0 unspecified atom stereocenters. The first-order chi connectivity index (χ1) is 14.9. The van der Waals surface area contributed by atoms with Crippen LogP contribution in [0.4, 0.5) is 0 Å². The Morgan fingerprint density at radius 1 is 0.871 bits per heavy atom. The molecular formula is C25H26N2O3S. The van der Waals surface area contributed by atoms with Crippen molar-refractivity contribution < 1.29 is 13.5 Å². The summed E-state index contributed by atoms with van der Waals surface area (Å²) in [5.74, 6) is 0. The molecule has 0 saturated carbocycles. The lowest BCUT2D eigenvalue weighted by molar-refractivity contribution is 0.282. The molecule has 160 valence electrons. The van der Waals surface area contributed by atoms with E-state index in [1.807, 2.05) is 62.6 Å². The van der Waals surface area contributed by atoms with E-state index in [1.54, 1.807) is 30.3 Å². The van der Waals surface area contributed by atoms with Gasteiger partial charge in [-0.2, -0.15) is 0 Å². The summed E-state index contributed by atoms with van der Waals surface area (Å²) < 4.78 is 29.0. The van der Waals surface area contributed by atoms with Crippen molar-refractivity contribution in [2.45, 2.75) is 17.9 Å². The van der Waals surface area contributed by atoms with E-state index in [2.05, 4.69) is 4.90 Å². The Morgan fingerprint density at radius 3 is 2.26 bits per heavy atom. The minimum atomic E-state index is -3.85. The summed E-state index contributed by atoms with van der Waals surface area (Å²) in [6.45, 7) is 0.689. The van der Waals surface area contributed by atoms with Gasteiger partial charge in [-0.1, -0.05) is 54.6 Å². The molecule has 0 saturated heterocycles. The van der Waals surface area contributed by atoms with Crippen molar-refractivity contribution in [3.8, 4) is 11.3 Å². The largest absolute Gasteiger partial charge is 0.392 e. The van der Waals surface area contributed by atoms with Crippen molar-refractivity contribution >= 4 is 20.9 Å². The summed E-state index contributed by atoms with van der Waals surface area (Å²) in [4.78, 5) is 2.34. The van der Waals surface area contributed by atoms with Crippen LogP contribution in [0.3, 0.4) is 0 Å². The molecule has 0 aliphatic heterocycles. The highest BCUT2D eigenvalue weighted by Crippen LogP contribution is 2.35. The Hall–Kier alpha value is -2.93. The maximum Gasteiger partial charge on any atom is 0.268 e. The van der Waals surface area contributed by atoms with Crippen molar-refractivity contribution in [1.82, 2.24) is 8.87 Å². The van der Waals surface area contributed by atoms with Crippen LogP contribution in [0.1, 0.15) is 11.1 Å². The van der Waals surface area contributed by atoms with Crippen molar-refractivity contribution in [3.05, 3.63) is 90.0 Å². The number of aliphatic hydroxyl groups is 1. The van der Waals surface area contributed by atoms with Gasteiger partial charge in [0, 0.05) is 17.5 Å². The van der Waals surface area contributed by atoms with E-state index >= 15 is 0 Å². The number of hydrogen-bond acceptors (Lipinski definition) is 4. The van der Waals surface area contributed by atoms with Crippen LogP contribution in [0.15, 0.2) is 83.8 Å². The molecular weight excluding hydrogens is 408 g/mol. The van der Waals surface area contributed by atoms with Gasteiger partial charge in [-0.15, -0.1) is 0 Å². The number of hydrogen-bond donors (Lipinski definition) is 1. The molecule has 0 aliphatic rings. The second-order valence-corrected chi connectivity index (χ2v) is 9.62. The first kappa shape index (κ1) is 21.3. The molecule has 0 bridgehead atoms. The summed E-state index contributed by atoms with van der Waals surface area (Å²) >= 11 is 0. The second-order valence-electron chi connectivity index (χ2n) is 7.83. The number of nitrogens with zero attached hydrogens (tertiary/aromatic N) is 2. The third-order valence-corrected chi connectivity index (χ3v) is 7.21. The number of aromatic nitrogens is 1. The molecule has 6 heteroatoms. The highest BCUT2D eigenvalue weighted by atomic mass is 32.2. The molecule has 0 aliphatic carbocycles. The van der Waals surface area contributed by atoms with E-state index in [1.165, 1.54) is 3.97 Å². The van der Waals surface area contributed by atoms with E-state index in [0.29, 0.717) is 22.3 Å². The second kappa shape index (κ2) is 8.67. The normalized spacial score (nSPS) is 12.0. The zero-order valence-corrected chi connectivity index (χ0v) is 18.5. The lowest BCUT2D eigenvalue weighted by Gasteiger charge is -2.14. The summed E-state index contributed by atoms with van der Waals surface area (Å²) in [5.41, 5.74) is 3.68. The van der Waals surface area contributed by atoms with Crippen molar-refractivity contribution in [3.63, 3.8) is 0 Å². The zero-order valence-electron chi connectivity index (χ0n) is 17.7. The summed E-state index contributed by atoms with van der Waals surface area (Å²) in [6.07, 6.45) is 0.806. The van der Waals surface area contributed by atoms with Crippen LogP contribution in [0.2, 0.25) is 0 Å². The Labute approximate surface area is 183 Å². The molecule has 1 aromatic heterocycles. The van der Waals surface area contributed by atoms with Crippen LogP contribution in [0.25, 0.3) is 22.2 Å². The molecule has 0 radical (unpaired) electrons. The lowest BCUT2D eigenvalue weighted by atomic mass is 10.0. The molecule has 0 fully saturated rings. The Bertz CT molecular complexity index is 1310. The molecule has 1 N–H and O–H groups in total. The van der Waals surface area contributed by atoms with Crippen LogP contribution >= 0.6 is 0 Å². The molecule has 0 atom stereocenters. The van der Waals surface area contributed by atoms with Crippen LogP contribution in [0.5, 0.6) is 0 Å². The zero-order chi connectivity index (χ0) is 22.0. The molecule has 31 heavy (non-hydrogen) atoms. The topological polar surface area (TPSA) is 62.5 Å². The van der Waals surface area contributed by atoms with Gasteiger partial charge in [0.25, 0.3) is 10.0 Å². The highest BCUT2D eigenvalue weighted by molar-refractivity contribution is 7.90. The average molecular weight is 435 g/mol. The average Bonchev–Trinajstić information content (AvgIpc) is 3.19. The van der Waals surface area contributed by atoms with Crippen LogP contribution in [0, 0.1) is 0 Å². The number of rotatable bonds is 7. The molecule has 4 rings (SSSR count). The number of benzene rings is 3. The first-order valence-corrected chi connectivity index (χ1v) is 11.7. The highest BCUT2D eigenvalue weighted by Gasteiger charge is 2.25. The molecule has 4 aromatic rings. The van der Waals surface area contributed by atoms with Gasteiger partial charge in [-0.3, -0.25) is 0 Å². The summed E-state index contributed by atoms with van der Waals surface area (Å²) in [5, 5.41) is 10.8. The maximum atomic E-state index is 13.8. The number of likely N-dealkylation sites (N-methyl/N-ethyl adjacent to an activating group) is 1.